The highest BCUT2D eigenvalue weighted by atomic mass is 16.5. The molecular formula is C17H21NO3. The maximum Gasteiger partial charge on any atom is 0.230 e. The average Bonchev–Trinajstić information content (AvgIpc) is 2.51. The van der Waals surface area contributed by atoms with E-state index in [0.717, 1.165) is 31.6 Å². The first-order valence-electron chi connectivity index (χ1n) is 7.69. The number of rotatable bonds is 3. The second-order valence-electron chi connectivity index (χ2n) is 6.03. The second-order valence-corrected chi connectivity index (χ2v) is 6.03. The largest absolute Gasteiger partial charge is 0.381 e. The van der Waals surface area contributed by atoms with Crippen LogP contribution in [0.25, 0.3) is 0 Å². The molecule has 2 aliphatic rings. The monoisotopic (exact) mass is 287 g/mol. The molecule has 2 saturated heterocycles. The van der Waals surface area contributed by atoms with Gasteiger partial charge in [-0.2, -0.15) is 0 Å². The Bertz CT molecular complexity index is 508. The lowest BCUT2D eigenvalue weighted by atomic mass is 9.71. The molecule has 0 bridgehead atoms. The first kappa shape index (κ1) is 14.3. The third-order valence-electron chi connectivity index (χ3n) is 4.71. The lowest BCUT2D eigenvalue weighted by Crippen LogP contribution is -2.49. The van der Waals surface area contributed by atoms with Gasteiger partial charge in [-0.15, -0.1) is 0 Å². The van der Waals surface area contributed by atoms with Gasteiger partial charge in [-0.05, 0) is 36.7 Å². The summed E-state index contributed by atoms with van der Waals surface area (Å²) in [5.74, 6) is 0.235. The Balaban J connectivity index is 1.78. The van der Waals surface area contributed by atoms with Crippen LogP contribution >= 0.6 is 0 Å². The lowest BCUT2D eigenvalue weighted by Gasteiger charge is -2.37. The molecule has 2 heterocycles. The molecule has 0 aliphatic carbocycles. The number of nitrogens with one attached hydrogen (secondary N) is 1. The summed E-state index contributed by atoms with van der Waals surface area (Å²) >= 11 is 0. The molecule has 2 amide bonds. The molecule has 0 saturated carbocycles. The number of piperidine rings is 1. The number of hydrogen-bond acceptors (Lipinski definition) is 3. The van der Waals surface area contributed by atoms with Gasteiger partial charge < -0.3 is 4.74 Å². The number of amides is 2. The van der Waals surface area contributed by atoms with E-state index in [2.05, 4.69) is 5.32 Å². The minimum absolute atomic E-state index is 0.104. The third-order valence-corrected chi connectivity index (χ3v) is 4.71. The molecule has 3 rings (SSSR count). The number of imide groups is 1. The predicted molar refractivity (Wildman–Crippen MR) is 78.4 cm³/mol. The van der Waals surface area contributed by atoms with Gasteiger partial charge in [-0.1, -0.05) is 30.3 Å². The summed E-state index contributed by atoms with van der Waals surface area (Å²) in [6.07, 6.45) is 3.09. The van der Waals surface area contributed by atoms with Crippen molar-refractivity contribution in [2.75, 3.05) is 13.2 Å². The van der Waals surface area contributed by atoms with E-state index in [1.807, 2.05) is 30.3 Å². The molecule has 2 atom stereocenters. The van der Waals surface area contributed by atoms with Crippen LogP contribution in [0.1, 0.15) is 24.8 Å². The summed E-state index contributed by atoms with van der Waals surface area (Å²) in [6.45, 7) is 1.49. The Labute approximate surface area is 124 Å². The number of carbonyl (C=O) groups is 2. The van der Waals surface area contributed by atoms with Gasteiger partial charge in [0, 0.05) is 25.6 Å². The van der Waals surface area contributed by atoms with E-state index in [-0.39, 0.29) is 23.7 Å². The Morgan fingerprint density at radius 2 is 1.81 bits per heavy atom. The van der Waals surface area contributed by atoms with Gasteiger partial charge in [0.2, 0.25) is 11.8 Å². The van der Waals surface area contributed by atoms with Crippen LogP contribution < -0.4 is 5.32 Å². The molecule has 0 aromatic heterocycles. The zero-order valence-electron chi connectivity index (χ0n) is 12.1. The molecule has 0 radical (unpaired) electrons. The fourth-order valence-corrected chi connectivity index (χ4v) is 3.58. The fraction of sp³-hybridized carbons (Fsp3) is 0.529. The minimum Gasteiger partial charge on any atom is -0.381 e. The van der Waals surface area contributed by atoms with Crippen LogP contribution in [0.3, 0.4) is 0 Å². The summed E-state index contributed by atoms with van der Waals surface area (Å²) in [5, 5.41) is 2.51. The normalized spacial score (nSPS) is 27.4. The van der Waals surface area contributed by atoms with E-state index < -0.39 is 0 Å². The van der Waals surface area contributed by atoms with E-state index in [4.69, 9.17) is 4.74 Å². The number of benzene rings is 1. The molecule has 21 heavy (non-hydrogen) atoms. The quantitative estimate of drug-likeness (QED) is 0.864. The van der Waals surface area contributed by atoms with Crippen molar-refractivity contribution in [2.45, 2.75) is 25.7 Å². The zero-order valence-corrected chi connectivity index (χ0v) is 12.1. The average molecular weight is 287 g/mol. The second kappa shape index (κ2) is 6.39. The van der Waals surface area contributed by atoms with Crippen molar-refractivity contribution in [1.29, 1.82) is 0 Å². The van der Waals surface area contributed by atoms with E-state index in [1.54, 1.807) is 0 Å². The first-order chi connectivity index (χ1) is 10.2. The topological polar surface area (TPSA) is 55.4 Å². The molecule has 4 heteroatoms. The fourth-order valence-electron chi connectivity index (χ4n) is 3.58. The van der Waals surface area contributed by atoms with Gasteiger partial charge in [0.1, 0.15) is 0 Å². The zero-order chi connectivity index (χ0) is 14.7. The van der Waals surface area contributed by atoms with Crippen molar-refractivity contribution in [1.82, 2.24) is 5.32 Å². The van der Waals surface area contributed by atoms with Crippen molar-refractivity contribution in [3.63, 3.8) is 0 Å². The number of hydrogen-bond donors (Lipinski definition) is 1. The van der Waals surface area contributed by atoms with Crippen molar-refractivity contribution in [3.05, 3.63) is 35.9 Å². The maximum atomic E-state index is 12.3. The standard InChI is InChI=1S/C17H21NO3/c19-16-11-14(13-6-8-21-9-7-13)15(17(20)18-16)10-12-4-2-1-3-5-12/h1-5,13-15H,6-11H2,(H,18,19,20). The predicted octanol–water partition coefficient (Wildman–Crippen LogP) is 1.93. The molecule has 2 unspecified atom stereocenters. The molecule has 1 aromatic carbocycles. The summed E-state index contributed by atoms with van der Waals surface area (Å²) in [4.78, 5) is 24.1. The van der Waals surface area contributed by atoms with Gasteiger partial charge >= 0.3 is 0 Å². The van der Waals surface area contributed by atoms with Crippen LogP contribution in [-0.4, -0.2) is 25.0 Å². The van der Waals surface area contributed by atoms with Crippen LogP contribution in [0.4, 0.5) is 0 Å². The number of carbonyl (C=O) groups excluding carboxylic acids is 2. The molecule has 2 aliphatic heterocycles. The van der Waals surface area contributed by atoms with Gasteiger partial charge in [-0.25, -0.2) is 0 Å². The van der Waals surface area contributed by atoms with Crippen molar-refractivity contribution < 1.29 is 14.3 Å². The van der Waals surface area contributed by atoms with E-state index in [9.17, 15) is 9.59 Å². The Morgan fingerprint density at radius 1 is 1.10 bits per heavy atom. The molecular weight excluding hydrogens is 266 g/mol. The summed E-state index contributed by atoms with van der Waals surface area (Å²) < 4.78 is 5.41. The van der Waals surface area contributed by atoms with Gasteiger partial charge in [0.25, 0.3) is 0 Å². The van der Waals surface area contributed by atoms with Crippen LogP contribution in [0.15, 0.2) is 30.3 Å². The van der Waals surface area contributed by atoms with Gasteiger partial charge in [-0.3, -0.25) is 14.9 Å². The maximum absolute atomic E-state index is 12.3. The molecule has 4 nitrogen and oxygen atoms in total. The highest BCUT2D eigenvalue weighted by Gasteiger charge is 2.40. The molecule has 112 valence electrons. The van der Waals surface area contributed by atoms with Crippen LogP contribution in [0.2, 0.25) is 0 Å². The third kappa shape index (κ3) is 3.32. The highest BCUT2D eigenvalue weighted by Crippen LogP contribution is 2.36. The highest BCUT2D eigenvalue weighted by molar-refractivity contribution is 5.99. The Kier molecular flexibility index (Phi) is 4.34. The summed E-state index contributed by atoms with van der Waals surface area (Å²) in [7, 11) is 0. The molecule has 1 N–H and O–H groups in total. The van der Waals surface area contributed by atoms with Crippen molar-refractivity contribution in [2.24, 2.45) is 17.8 Å². The van der Waals surface area contributed by atoms with E-state index >= 15 is 0 Å². The SMILES string of the molecule is O=C1CC(C2CCOCC2)C(Cc2ccccc2)C(=O)N1. The lowest BCUT2D eigenvalue weighted by molar-refractivity contribution is -0.141. The molecule has 1 aromatic rings. The summed E-state index contributed by atoms with van der Waals surface area (Å²) in [6, 6.07) is 10.1. The van der Waals surface area contributed by atoms with E-state index in [1.165, 1.54) is 0 Å². The van der Waals surface area contributed by atoms with Crippen molar-refractivity contribution in [3.8, 4) is 0 Å². The Morgan fingerprint density at radius 3 is 2.52 bits per heavy atom. The minimum atomic E-state index is -0.124. The Hall–Kier alpha value is -1.68. The van der Waals surface area contributed by atoms with E-state index in [0.29, 0.717) is 18.8 Å². The summed E-state index contributed by atoms with van der Waals surface area (Å²) in [5.41, 5.74) is 1.16. The van der Waals surface area contributed by atoms with Gasteiger partial charge in [0.05, 0.1) is 0 Å². The van der Waals surface area contributed by atoms with Gasteiger partial charge in [0.15, 0.2) is 0 Å². The van der Waals surface area contributed by atoms with Crippen LogP contribution in [-0.2, 0) is 20.7 Å². The molecule has 2 fully saturated rings. The van der Waals surface area contributed by atoms with Crippen LogP contribution in [0, 0.1) is 17.8 Å². The van der Waals surface area contributed by atoms with Crippen molar-refractivity contribution >= 4 is 11.8 Å². The molecule has 0 spiro atoms. The van der Waals surface area contributed by atoms with Crippen LogP contribution in [0.5, 0.6) is 0 Å². The smallest absolute Gasteiger partial charge is 0.230 e. The first-order valence-corrected chi connectivity index (χ1v) is 7.69. The number of ether oxygens (including phenoxy) is 1.